The van der Waals surface area contributed by atoms with Crippen LogP contribution in [0.15, 0.2) is 10.2 Å². The largest absolute Gasteiger partial charge is 0.524 e. The van der Waals surface area contributed by atoms with Crippen LogP contribution in [0.5, 0.6) is 0 Å². The highest BCUT2D eigenvalue weighted by Crippen LogP contribution is 2.51. The van der Waals surface area contributed by atoms with Gasteiger partial charge in [-0.2, -0.15) is 0 Å². The summed E-state index contributed by atoms with van der Waals surface area (Å²) in [5, 5.41) is 11.0. The minimum atomic E-state index is -0.363. The second-order valence-corrected chi connectivity index (χ2v) is 7.14. The lowest BCUT2D eigenvalue weighted by molar-refractivity contribution is -0.752. The molecule has 1 unspecified atom stereocenters. The summed E-state index contributed by atoms with van der Waals surface area (Å²) in [6.45, 7) is 6.75. The Morgan fingerprint density at radius 3 is 2.37 bits per heavy atom. The van der Waals surface area contributed by atoms with Crippen molar-refractivity contribution in [2.45, 2.75) is 25.1 Å². The molecule has 0 bridgehead atoms. The number of nitrogens with zero attached hydrogens (tertiary/aromatic N) is 5. The molecule has 8 heteroatoms. The van der Waals surface area contributed by atoms with Gasteiger partial charge in [0.15, 0.2) is 0 Å². The van der Waals surface area contributed by atoms with Crippen molar-refractivity contribution in [1.82, 2.24) is 4.90 Å². The van der Waals surface area contributed by atoms with Crippen LogP contribution in [0, 0.1) is 0 Å². The summed E-state index contributed by atoms with van der Waals surface area (Å²) >= 11 is 3.31. The highest BCUT2D eigenvalue weighted by atomic mass is 32.2. The normalized spacial score (nSPS) is 28.5. The predicted molar refractivity (Wildman–Crippen MR) is 80.0 cm³/mol. The van der Waals surface area contributed by atoms with Gasteiger partial charge in [0.2, 0.25) is 5.17 Å². The molecule has 0 N–H and O–H groups in total. The van der Waals surface area contributed by atoms with Crippen LogP contribution >= 0.6 is 23.5 Å². The standard InChI is InChI=1S/C11H17N5OS2/c1-6-17-10-13-16-8(3)7(2)15-11(16,19-10)18-9(12-15)14(4)5/h6H2,1-5H3/q+2. The lowest BCUT2D eigenvalue weighted by Crippen LogP contribution is -2.34. The first kappa shape index (κ1) is 13.0. The SMILES string of the molecule is CCOC1=N[N+]2=C(C)C(C)=[N+]3N=C(N(C)C)SC23S1. The molecule has 0 amide bonds. The van der Waals surface area contributed by atoms with E-state index in [0.29, 0.717) is 11.8 Å². The maximum absolute atomic E-state index is 5.57. The third-order valence-corrected chi connectivity index (χ3v) is 5.88. The van der Waals surface area contributed by atoms with Crippen LogP contribution < -0.4 is 0 Å². The van der Waals surface area contributed by atoms with Gasteiger partial charge >= 0.3 is 9.56 Å². The third-order valence-electron chi connectivity index (χ3n) is 3.16. The first-order chi connectivity index (χ1) is 8.99. The van der Waals surface area contributed by atoms with Gasteiger partial charge in [-0.1, -0.05) is 0 Å². The number of amidine groups is 1. The minimum absolute atomic E-state index is 0.363. The average molecular weight is 299 g/mol. The Balaban J connectivity index is 2.04. The summed E-state index contributed by atoms with van der Waals surface area (Å²) in [5.41, 5.74) is 2.26. The summed E-state index contributed by atoms with van der Waals surface area (Å²) in [6.07, 6.45) is 0. The molecule has 0 aromatic heterocycles. The van der Waals surface area contributed by atoms with Crippen LogP contribution in [0.1, 0.15) is 20.8 Å². The third kappa shape index (κ3) is 1.66. The Morgan fingerprint density at radius 1 is 1.16 bits per heavy atom. The maximum atomic E-state index is 5.57. The van der Waals surface area contributed by atoms with Gasteiger partial charge in [0.05, 0.1) is 23.5 Å². The van der Waals surface area contributed by atoms with Crippen LogP contribution in [0.4, 0.5) is 0 Å². The van der Waals surface area contributed by atoms with E-state index in [2.05, 4.69) is 18.9 Å². The minimum Gasteiger partial charge on any atom is -0.469 e. The topological polar surface area (TPSA) is 43.2 Å². The van der Waals surface area contributed by atoms with Gasteiger partial charge in [-0.05, 0) is 6.92 Å². The molecule has 3 aliphatic heterocycles. The van der Waals surface area contributed by atoms with Crippen molar-refractivity contribution in [3.63, 3.8) is 0 Å². The highest BCUT2D eigenvalue weighted by Gasteiger charge is 2.74. The van der Waals surface area contributed by atoms with E-state index in [1.165, 1.54) is 0 Å². The zero-order chi connectivity index (χ0) is 13.8. The predicted octanol–water partition coefficient (Wildman–Crippen LogP) is 1.19. The summed E-state index contributed by atoms with van der Waals surface area (Å²) in [4.78, 5) is 2.03. The molecule has 6 nitrogen and oxygen atoms in total. The van der Waals surface area contributed by atoms with Crippen molar-refractivity contribution < 1.29 is 14.1 Å². The van der Waals surface area contributed by atoms with E-state index < -0.39 is 0 Å². The molecule has 0 fully saturated rings. The van der Waals surface area contributed by atoms with Gasteiger partial charge < -0.3 is 9.64 Å². The van der Waals surface area contributed by atoms with E-state index in [9.17, 15) is 0 Å². The quantitative estimate of drug-likeness (QED) is 0.682. The first-order valence-corrected chi connectivity index (χ1v) is 7.76. The fraction of sp³-hybridized carbons (Fsp3) is 0.636. The van der Waals surface area contributed by atoms with Crippen molar-refractivity contribution in [2.24, 2.45) is 10.2 Å². The molecule has 3 heterocycles. The van der Waals surface area contributed by atoms with E-state index in [4.69, 9.17) is 9.84 Å². The average Bonchev–Trinajstić information content (AvgIpc) is 2.95. The molecule has 0 saturated carbocycles. The summed E-state index contributed by atoms with van der Waals surface area (Å²) in [5.74, 6) is 0. The van der Waals surface area contributed by atoms with Crippen LogP contribution in [-0.4, -0.2) is 61.1 Å². The van der Waals surface area contributed by atoms with E-state index in [1.807, 2.05) is 35.3 Å². The zero-order valence-electron chi connectivity index (χ0n) is 11.7. The molecule has 0 aromatic rings. The molecule has 19 heavy (non-hydrogen) atoms. The van der Waals surface area contributed by atoms with Crippen LogP contribution in [-0.2, 0) is 4.74 Å². The maximum Gasteiger partial charge on any atom is 0.524 e. The van der Waals surface area contributed by atoms with E-state index in [-0.39, 0.29) is 4.33 Å². The highest BCUT2D eigenvalue weighted by molar-refractivity contribution is 8.30. The Morgan fingerprint density at radius 2 is 1.79 bits per heavy atom. The van der Waals surface area contributed by atoms with Gasteiger partial charge in [0.1, 0.15) is 11.8 Å². The van der Waals surface area contributed by atoms with Gasteiger partial charge in [-0.15, -0.1) is 0 Å². The Bertz CT molecular complexity index is 578. The Hall–Kier alpha value is -1.02. The number of rotatable bonds is 1. The van der Waals surface area contributed by atoms with Crippen molar-refractivity contribution in [2.75, 3.05) is 20.7 Å². The van der Waals surface area contributed by atoms with E-state index in [1.54, 1.807) is 23.5 Å². The first-order valence-electron chi connectivity index (χ1n) is 6.13. The number of hydrogen-bond donors (Lipinski definition) is 0. The van der Waals surface area contributed by atoms with Crippen LogP contribution in [0.3, 0.4) is 0 Å². The smallest absolute Gasteiger partial charge is 0.469 e. The van der Waals surface area contributed by atoms with Crippen molar-refractivity contribution in [3.8, 4) is 0 Å². The van der Waals surface area contributed by atoms with Gasteiger partial charge in [-0.25, -0.2) is 0 Å². The molecule has 0 aromatic carbocycles. The molecule has 3 aliphatic rings. The summed E-state index contributed by atoms with van der Waals surface area (Å²) in [7, 11) is 4.01. The molecular weight excluding hydrogens is 282 g/mol. The molecule has 3 rings (SSSR count). The number of thioether (sulfide) groups is 2. The zero-order valence-corrected chi connectivity index (χ0v) is 13.3. The van der Waals surface area contributed by atoms with Gasteiger partial charge in [0, 0.05) is 42.4 Å². The van der Waals surface area contributed by atoms with Gasteiger partial charge in [-0.3, -0.25) is 0 Å². The fourth-order valence-corrected chi connectivity index (χ4v) is 4.82. The van der Waals surface area contributed by atoms with Crippen molar-refractivity contribution >= 4 is 45.3 Å². The summed E-state index contributed by atoms with van der Waals surface area (Å²) in [6, 6.07) is 0. The van der Waals surface area contributed by atoms with E-state index >= 15 is 0 Å². The van der Waals surface area contributed by atoms with E-state index in [0.717, 1.165) is 16.6 Å². The van der Waals surface area contributed by atoms with Crippen LogP contribution in [0.25, 0.3) is 0 Å². The number of hydrazone groups is 2. The number of hydrogen-bond acceptors (Lipinski definition) is 6. The molecule has 0 saturated heterocycles. The lowest BCUT2D eigenvalue weighted by Gasteiger charge is -2.08. The van der Waals surface area contributed by atoms with Crippen molar-refractivity contribution in [3.05, 3.63) is 0 Å². The summed E-state index contributed by atoms with van der Waals surface area (Å²) < 4.78 is 9.26. The second kappa shape index (κ2) is 4.24. The monoisotopic (exact) mass is 299 g/mol. The lowest BCUT2D eigenvalue weighted by atomic mass is 10.3. The fourth-order valence-electron chi connectivity index (χ4n) is 2.09. The molecule has 102 valence electrons. The molecule has 1 spiro atoms. The molecule has 0 aliphatic carbocycles. The Labute approximate surface area is 120 Å². The number of ether oxygens (including phenoxy) is 1. The van der Waals surface area contributed by atoms with Crippen LogP contribution in [0.2, 0.25) is 0 Å². The molecular formula is C11H17N5OS2+2. The van der Waals surface area contributed by atoms with Crippen molar-refractivity contribution in [1.29, 1.82) is 0 Å². The molecule has 0 radical (unpaired) electrons. The van der Waals surface area contributed by atoms with Gasteiger partial charge in [0.25, 0.3) is 11.4 Å². The molecule has 1 atom stereocenters. The second-order valence-electron chi connectivity index (χ2n) is 4.62. The Kier molecular flexibility index (Phi) is 2.90.